The molecule has 20 heavy (non-hydrogen) atoms. The second kappa shape index (κ2) is 6.36. The number of nitrogens with zero attached hydrogens (tertiary/aromatic N) is 3. The molecule has 1 aromatic rings. The number of carbonyl (C=O) groups is 1. The first-order valence-electron chi connectivity index (χ1n) is 6.30. The Morgan fingerprint density at radius 1 is 1.55 bits per heavy atom. The zero-order chi connectivity index (χ0) is 15.4. The summed E-state index contributed by atoms with van der Waals surface area (Å²) >= 11 is 0. The highest BCUT2D eigenvalue weighted by atomic mass is 16.6. The Morgan fingerprint density at radius 3 is 2.60 bits per heavy atom. The summed E-state index contributed by atoms with van der Waals surface area (Å²) in [5.41, 5.74) is 0.179. The molecule has 0 spiro atoms. The number of methoxy groups -OCH3 is 1. The zero-order valence-corrected chi connectivity index (χ0v) is 12.3. The second-order valence-electron chi connectivity index (χ2n) is 5.01. The number of rotatable bonds is 6. The number of hydrogen-bond acceptors (Lipinski definition) is 6. The highest BCUT2D eigenvalue weighted by Crippen LogP contribution is 2.28. The van der Waals surface area contributed by atoms with Gasteiger partial charge in [-0.2, -0.15) is 5.10 Å². The van der Waals surface area contributed by atoms with Crippen molar-refractivity contribution < 1.29 is 14.5 Å². The maximum atomic E-state index is 11.8. The Hall–Kier alpha value is -2.12. The summed E-state index contributed by atoms with van der Waals surface area (Å²) in [4.78, 5) is 22.4. The van der Waals surface area contributed by atoms with Crippen LogP contribution in [0.2, 0.25) is 0 Å². The molecule has 0 bridgehead atoms. The molecule has 0 aromatic carbocycles. The van der Waals surface area contributed by atoms with Crippen LogP contribution in [0.4, 0.5) is 11.5 Å². The molecular weight excluding hydrogens is 264 g/mol. The van der Waals surface area contributed by atoms with Crippen molar-refractivity contribution >= 4 is 17.5 Å². The SMILES string of the molecule is COC(=O)C(CC(C)C)Nc1c([N+](=O)[O-])c(C)nn1C. The molecule has 1 aromatic heterocycles. The zero-order valence-electron chi connectivity index (χ0n) is 12.3. The smallest absolute Gasteiger partial charge is 0.333 e. The summed E-state index contributed by atoms with van der Waals surface area (Å²) in [7, 11) is 2.88. The van der Waals surface area contributed by atoms with Crippen molar-refractivity contribution in [2.45, 2.75) is 33.2 Å². The fraction of sp³-hybridized carbons (Fsp3) is 0.667. The van der Waals surface area contributed by atoms with Gasteiger partial charge in [-0.05, 0) is 19.3 Å². The van der Waals surface area contributed by atoms with E-state index in [1.807, 2.05) is 13.8 Å². The van der Waals surface area contributed by atoms with E-state index in [1.165, 1.54) is 11.8 Å². The Kier molecular flexibility index (Phi) is 5.06. The molecule has 0 saturated heterocycles. The molecular formula is C12H20N4O4. The molecule has 0 aliphatic carbocycles. The van der Waals surface area contributed by atoms with Crippen LogP contribution >= 0.6 is 0 Å². The molecule has 1 atom stereocenters. The maximum absolute atomic E-state index is 11.8. The molecule has 0 saturated carbocycles. The van der Waals surface area contributed by atoms with Crippen LogP contribution in [0.25, 0.3) is 0 Å². The third kappa shape index (κ3) is 3.46. The summed E-state index contributed by atoms with van der Waals surface area (Å²) < 4.78 is 6.10. The van der Waals surface area contributed by atoms with Crippen molar-refractivity contribution in [1.29, 1.82) is 0 Å². The summed E-state index contributed by atoms with van der Waals surface area (Å²) in [6.07, 6.45) is 0.508. The van der Waals surface area contributed by atoms with Gasteiger partial charge < -0.3 is 10.1 Å². The predicted octanol–water partition coefficient (Wildman–Crippen LogP) is 1.64. The van der Waals surface area contributed by atoms with Crippen LogP contribution in [-0.4, -0.2) is 33.8 Å². The lowest BCUT2D eigenvalue weighted by atomic mass is 10.0. The number of nitrogens with one attached hydrogen (secondary N) is 1. The third-order valence-corrected chi connectivity index (χ3v) is 2.88. The van der Waals surface area contributed by atoms with Gasteiger partial charge in [0.2, 0.25) is 5.82 Å². The van der Waals surface area contributed by atoms with E-state index in [9.17, 15) is 14.9 Å². The molecule has 8 heteroatoms. The molecule has 0 aliphatic heterocycles. The van der Waals surface area contributed by atoms with Gasteiger partial charge in [-0.1, -0.05) is 13.8 Å². The minimum absolute atomic E-state index is 0.120. The molecule has 1 heterocycles. The lowest BCUT2D eigenvalue weighted by molar-refractivity contribution is -0.384. The van der Waals surface area contributed by atoms with Gasteiger partial charge in [0.1, 0.15) is 11.7 Å². The minimum Gasteiger partial charge on any atom is -0.467 e. The highest BCUT2D eigenvalue weighted by Gasteiger charge is 2.29. The second-order valence-corrected chi connectivity index (χ2v) is 5.01. The number of esters is 1. The fourth-order valence-electron chi connectivity index (χ4n) is 2.02. The summed E-state index contributed by atoms with van der Waals surface area (Å²) in [5, 5.41) is 18.0. The largest absolute Gasteiger partial charge is 0.467 e. The Balaban J connectivity index is 3.10. The topological polar surface area (TPSA) is 99.3 Å². The van der Waals surface area contributed by atoms with Gasteiger partial charge in [0.15, 0.2) is 0 Å². The van der Waals surface area contributed by atoms with Crippen molar-refractivity contribution in [3.05, 3.63) is 15.8 Å². The standard InChI is InChI=1S/C12H20N4O4/c1-7(2)6-9(12(17)20-5)13-11-10(16(18)19)8(3)14-15(11)4/h7,9,13H,6H2,1-5H3. The van der Waals surface area contributed by atoms with E-state index in [4.69, 9.17) is 4.74 Å². The molecule has 1 rings (SSSR count). The number of nitro groups is 1. The molecule has 1 unspecified atom stereocenters. The number of ether oxygens (including phenoxy) is 1. The van der Waals surface area contributed by atoms with Crippen LogP contribution in [0.3, 0.4) is 0 Å². The van der Waals surface area contributed by atoms with Crippen molar-refractivity contribution in [3.63, 3.8) is 0 Å². The first-order chi connectivity index (χ1) is 9.27. The van der Waals surface area contributed by atoms with Gasteiger partial charge in [0, 0.05) is 7.05 Å². The first-order valence-corrected chi connectivity index (χ1v) is 6.30. The quantitative estimate of drug-likeness (QED) is 0.484. The van der Waals surface area contributed by atoms with Crippen LogP contribution in [-0.2, 0) is 16.6 Å². The molecule has 112 valence electrons. The maximum Gasteiger partial charge on any atom is 0.333 e. The van der Waals surface area contributed by atoms with Gasteiger partial charge in [-0.3, -0.25) is 10.1 Å². The van der Waals surface area contributed by atoms with E-state index < -0.39 is 16.9 Å². The predicted molar refractivity (Wildman–Crippen MR) is 73.5 cm³/mol. The number of hydrogen-bond donors (Lipinski definition) is 1. The van der Waals surface area contributed by atoms with E-state index >= 15 is 0 Å². The highest BCUT2D eigenvalue weighted by molar-refractivity contribution is 5.80. The Morgan fingerprint density at radius 2 is 2.15 bits per heavy atom. The molecule has 0 radical (unpaired) electrons. The average Bonchev–Trinajstić information content (AvgIpc) is 2.61. The molecule has 0 amide bonds. The fourth-order valence-corrected chi connectivity index (χ4v) is 2.02. The van der Waals surface area contributed by atoms with Crippen LogP contribution in [0.5, 0.6) is 0 Å². The van der Waals surface area contributed by atoms with E-state index in [0.29, 0.717) is 12.1 Å². The van der Waals surface area contributed by atoms with Crippen molar-refractivity contribution in [2.75, 3.05) is 12.4 Å². The molecule has 0 fully saturated rings. The summed E-state index contributed by atoms with van der Waals surface area (Å²) in [6, 6.07) is -0.645. The molecule has 8 nitrogen and oxygen atoms in total. The molecule has 0 aliphatic rings. The van der Waals surface area contributed by atoms with Gasteiger partial charge in [-0.15, -0.1) is 0 Å². The van der Waals surface area contributed by atoms with Crippen LogP contribution in [0.15, 0.2) is 0 Å². The number of carbonyl (C=O) groups excluding carboxylic acids is 1. The minimum atomic E-state index is -0.645. The van der Waals surface area contributed by atoms with Crippen molar-refractivity contribution in [1.82, 2.24) is 9.78 Å². The van der Waals surface area contributed by atoms with Crippen LogP contribution < -0.4 is 5.32 Å². The van der Waals surface area contributed by atoms with E-state index in [2.05, 4.69) is 10.4 Å². The lowest BCUT2D eigenvalue weighted by Crippen LogP contribution is -2.33. The Bertz CT molecular complexity index is 510. The number of aryl methyl sites for hydroxylation is 2. The van der Waals surface area contributed by atoms with Gasteiger partial charge in [-0.25, -0.2) is 9.48 Å². The van der Waals surface area contributed by atoms with E-state index in [-0.39, 0.29) is 17.4 Å². The van der Waals surface area contributed by atoms with Gasteiger partial charge in [0.05, 0.1) is 12.0 Å². The normalized spacial score (nSPS) is 12.3. The first kappa shape index (κ1) is 15.9. The van der Waals surface area contributed by atoms with Gasteiger partial charge >= 0.3 is 11.7 Å². The van der Waals surface area contributed by atoms with Crippen molar-refractivity contribution in [2.24, 2.45) is 13.0 Å². The van der Waals surface area contributed by atoms with E-state index in [0.717, 1.165) is 0 Å². The molecule has 1 N–H and O–H groups in total. The monoisotopic (exact) mass is 284 g/mol. The van der Waals surface area contributed by atoms with Gasteiger partial charge in [0.25, 0.3) is 0 Å². The lowest BCUT2D eigenvalue weighted by Gasteiger charge is -2.18. The Labute approximate surface area is 117 Å². The third-order valence-electron chi connectivity index (χ3n) is 2.88. The van der Waals surface area contributed by atoms with Crippen molar-refractivity contribution in [3.8, 4) is 0 Å². The van der Waals surface area contributed by atoms with Crippen LogP contribution in [0, 0.1) is 23.0 Å². The average molecular weight is 284 g/mol. The number of aromatic nitrogens is 2. The summed E-state index contributed by atoms with van der Waals surface area (Å²) in [5.74, 6) is -0.00428. The van der Waals surface area contributed by atoms with Crippen LogP contribution in [0.1, 0.15) is 26.0 Å². The summed E-state index contributed by atoms with van der Waals surface area (Å²) in [6.45, 7) is 5.47. The van der Waals surface area contributed by atoms with E-state index in [1.54, 1.807) is 14.0 Å². The number of anilines is 1.